The smallest absolute Gasteiger partial charge is 0.300 e. The summed E-state index contributed by atoms with van der Waals surface area (Å²) >= 11 is 0. The number of amides is 1. The largest absolute Gasteiger partial charge is 0.507 e. The number of nitrogens with zero attached hydrogens (tertiary/aromatic N) is 2. The minimum absolute atomic E-state index is 0.0273. The molecule has 0 spiro atoms. The highest BCUT2D eigenvalue weighted by Crippen LogP contribution is 2.44. The lowest BCUT2D eigenvalue weighted by Crippen LogP contribution is -2.30. The van der Waals surface area contributed by atoms with Gasteiger partial charge in [0.25, 0.3) is 11.7 Å². The number of hydrogen-bond acceptors (Lipinski definition) is 5. The maximum Gasteiger partial charge on any atom is 0.300 e. The molecule has 1 unspecified atom stereocenters. The zero-order chi connectivity index (χ0) is 23.8. The molecule has 1 aliphatic heterocycles. The van der Waals surface area contributed by atoms with E-state index in [0.717, 1.165) is 16.3 Å². The first kappa shape index (κ1) is 21.4. The number of aryl methyl sites for hydroxylation is 1. The van der Waals surface area contributed by atoms with Crippen LogP contribution >= 0.6 is 0 Å². The maximum atomic E-state index is 13.5. The van der Waals surface area contributed by atoms with Crippen LogP contribution in [-0.2, 0) is 9.59 Å². The highest BCUT2D eigenvalue weighted by atomic mass is 16.5. The van der Waals surface area contributed by atoms with Gasteiger partial charge in [0.05, 0.1) is 29.6 Å². The molecule has 1 N–H and O–H groups in total. The molecular weight excluding hydrogens is 428 g/mol. The van der Waals surface area contributed by atoms with Crippen LogP contribution < -0.4 is 9.64 Å². The third-order valence-electron chi connectivity index (χ3n) is 6.05. The number of ketones is 1. The van der Waals surface area contributed by atoms with E-state index >= 15 is 0 Å². The van der Waals surface area contributed by atoms with Crippen LogP contribution in [0.25, 0.3) is 16.5 Å². The zero-order valence-electron chi connectivity index (χ0n) is 18.7. The molecule has 168 valence electrons. The first-order valence-corrected chi connectivity index (χ1v) is 10.9. The number of carbonyl (C=O) groups is 2. The van der Waals surface area contributed by atoms with Crippen molar-refractivity contribution in [1.29, 1.82) is 0 Å². The fourth-order valence-corrected chi connectivity index (χ4v) is 4.47. The van der Waals surface area contributed by atoms with Crippen LogP contribution in [0.4, 0.5) is 5.69 Å². The van der Waals surface area contributed by atoms with Gasteiger partial charge in [-0.3, -0.25) is 19.5 Å². The number of hydrogen-bond donors (Lipinski definition) is 1. The van der Waals surface area contributed by atoms with Gasteiger partial charge in [-0.05, 0) is 42.6 Å². The lowest BCUT2D eigenvalue weighted by atomic mass is 9.96. The molecule has 4 aromatic rings. The number of pyridine rings is 1. The normalized spacial score (nSPS) is 17.4. The number of anilines is 1. The number of benzene rings is 3. The van der Waals surface area contributed by atoms with Crippen molar-refractivity contribution in [2.75, 3.05) is 12.0 Å². The summed E-state index contributed by atoms with van der Waals surface area (Å²) in [6.45, 7) is 1.88. The Labute approximate surface area is 196 Å². The Morgan fingerprint density at radius 1 is 0.971 bits per heavy atom. The Hall–Kier alpha value is -4.45. The Morgan fingerprint density at radius 3 is 2.50 bits per heavy atom. The van der Waals surface area contributed by atoms with Crippen molar-refractivity contribution < 1.29 is 19.4 Å². The minimum Gasteiger partial charge on any atom is -0.507 e. The monoisotopic (exact) mass is 450 g/mol. The van der Waals surface area contributed by atoms with E-state index in [1.54, 1.807) is 42.6 Å². The van der Waals surface area contributed by atoms with E-state index in [9.17, 15) is 14.7 Å². The molecule has 6 heteroatoms. The Balaban J connectivity index is 1.80. The van der Waals surface area contributed by atoms with Gasteiger partial charge < -0.3 is 9.84 Å². The fourth-order valence-electron chi connectivity index (χ4n) is 4.47. The van der Waals surface area contributed by atoms with Crippen LogP contribution in [-0.4, -0.2) is 28.9 Å². The predicted molar refractivity (Wildman–Crippen MR) is 131 cm³/mol. The average molecular weight is 450 g/mol. The Kier molecular flexibility index (Phi) is 5.34. The molecule has 1 amide bonds. The van der Waals surface area contributed by atoms with E-state index in [2.05, 4.69) is 4.98 Å². The van der Waals surface area contributed by atoms with Gasteiger partial charge in [-0.1, -0.05) is 54.1 Å². The molecule has 34 heavy (non-hydrogen) atoms. The summed E-state index contributed by atoms with van der Waals surface area (Å²) < 4.78 is 5.43. The zero-order valence-corrected chi connectivity index (χ0v) is 18.7. The van der Waals surface area contributed by atoms with Crippen molar-refractivity contribution in [3.05, 3.63) is 107 Å². The summed E-state index contributed by atoms with van der Waals surface area (Å²) in [5, 5.41) is 13.2. The summed E-state index contributed by atoms with van der Waals surface area (Å²) in [5.74, 6) is -1.39. The molecule has 1 saturated heterocycles. The number of rotatable bonds is 4. The van der Waals surface area contributed by atoms with Crippen LogP contribution in [0.3, 0.4) is 0 Å². The molecule has 1 aromatic heterocycles. The minimum atomic E-state index is -0.905. The van der Waals surface area contributed by atoms with Gasteiger partial charge in [0.1, 0.15) is 17.6 Å². The highest BCUT2D eigenvalue weighted by Gasteiger charge is 2.48. The molecular formula is C28H22N2O4. The van der Waals surface area contributed by atoms with E-state index in [4.69, 9.17) is 4.74 Å². The van der Waals surface area contributed by atoms with E-state index < -0.39 is 17.7 Å². The third-order valence-corrected chi connectivity index (χ3v) is 6.05. The van der Waals surface area contributed by atoms with Crippen molar-refractivity contribution in [3.63, 3.8) is 0 Å². The first-order valence-electron chi connectivity index (χ1n) is 10.9. The van der Waals surface area contributed by atoms with Gasteiger partial charge in [0, 0.05) is 11.6 Å². The second-order valence-electron chi connectivity index (χ2n) is 8.13. The lowest BCUT2D eigenvalue weighted by Gasteiger charge is -2.26. The van der Waals surface area contributed by atoms with Crippen LogP contribution in [0.2, 0.25) is 0 Å². The second kappa shape index (κ2) is 8.48. The summed E-state index contributed by atoms with van der Waals surface area (Å²) in [5.41, 5.74) is 2.24. The summed E-state index contributed by atoms with van der Waals surface area (Å²) in [6.07, 6.45) is 1.60. The molecule has 5 rings (SSSR count). The highest BCUT2D eigenvalue weighted by molar-refractivity contribution is 6.52. The van der Waals surface area contributed by atoms with Crippen molar-refractivity contribution in [1.82, 2.24) is 4.98 Å². The van der Waals surface area contributed by atoms with E-state index in [0.29, 0.717) is 22.7 Å². The molecule has 0 radical (unpaired) electrons. The standard InChI is InChI=1S/C28H22N2O4/c1-17-13-14-23(34-2)20(16-17)26(31)24-25(21-11-5-6-15-29-21)30(28(33)27(24)32)22-12-7-9-18-8-3-4-10-19(18)22/h3-16,25,31H,1-2H3/b26-24+. The number of fused-ring (bicyclic) bond motifs is 1. The molecule has 0 saturated carbocycles. The predicted octanol–water partition coefficient (Wildman–Crippen LogP) is 5.18. The SMILES string of the molecule is COc1ccc(C)cc1/C(O)=C1\C(=O)C(=O)N(c2cccc3ccccc23)C1c1ccccn1. The molecule has 2 heterocycles. The molecule has 3 aromatic carbocycles. The summed E-state index contributed by atoms with van der Waals surface area (Å²) in [4.78, 5) is 32.8. The molecule has 0 aliphatic carbocycles. The Bertz CT molecular complexity index is 1450. The molecule has 1 aliphatic rings. The van der Waals surface area contributed by atoms with Crippen molar-refractivity contribution in [2.24, 2.45) is 0 Å². The lowest BCUT2D eigenvalue weighted by molar-refractivity contribution is -0.132. The molecule has 1 atom stereocenters. The molecule has 1 fully saturated rings. The summed E-state index contributed by atoms with van der Waals surface area (Å²) in [7, 11) is 1.49. The van der Waals surface area contributed by atoms with Gasteiger partial charge in [-0.2, -0.15) is 0 Å². The topological polar surface area (TPSA) is 79.7 Å². The van der Waals surface area contributed by atoms with Crippen molar-refractivity contribution in [3.8, 4) is 5.75 Å². The van der Waals surface area contributed by atoms with E-state index in [1.165, 1.54) is 12.0 Å². The number of aliphatic hydroxyl groups excluding tert-OH is 1. The number of ether oxygens (including phenoxy) is 1. The summed E-state index contributed by atoms with van der Waals surface area (Å²) in [6, 6.07) is 22.9. The average Bonchev–Trinajstić information content (AvgIpc) is 3.14. The number of methoxy groups -OCH3 is 1. The van der Waals surface area contributed by atoms with Gasteiger partial charge in [-0.15, -0.1) is 0 Å². The Morgan fingerprint density at radius 2 is 1.74 bits per heavy atom. The number of aromatic nitrogens is 1. The number of Topliss-reactive ketones (excluding diaryl/α,β-unsaturated/α-hetero) is 1. The van der Waals surface area contributed by atoms with Crippen LogP contribution in [0, 0.1) is 6.92 Å². The van der Waals surface area contributed by atoms with E-state index in [1.807, 2.05) is 49.4 Å². The van der Waals surface area contributed by atoms with Crippen LogP contribution in [0.5, 0.6) is 5.75 Å². The van der Waals surface area contributed by atoms with Crippen molar-refractivity contribution in [2.45, 2.75) is 13.0 Å². The van der Waals surface area contributed by atoms with Crippen LogP contribution in [0.1, 0.15) is 22.9 Å². The van der Waals surface area contributed by atoms with Gasteiger partial charge >= 0.3 is 0 Å². The first-order chi connectivity index (χ1) is 16.5. The molecule has 6 nitrogen and oxygen atoms in total. The number of aliphatic hydroxyl groups is 1. The van der Waals surface area contributed by atoms with Crippen LogP contribution in [0.15, 0.2) is 90.6 Å². The third kappa shape index (κ3) is 3.40. The number of carbonyl (C=O) groups excluding carboxylic acids is 2. The van der Waals surface area contributed by atoms with Crippen molar-refractivity contribution >= 4 is 33.9 Å². The quantitative estimate of drug-likeness (QED) is 0.263. The second-order valence-corrected chi connectivity index (χ2v) is 8.13. The van der Waals surface area contributed by atoms with Gasteiger partial charge in [0.15, 0.2) is 0 Å². The van der Waals surface area contributed by atoms with E-state index in [-0.39, 0.29) is 11.3 Å². The molecule has 0 bridgehead atoms. The van der Waals surface area contributed by atoms with Gasteiger partial charge in [-0.25, -0.2) is 0 Å². The fraction of sp³-hybridized carbons (Fsp3) is 0.107. The maximum absolute atomic E-state index is 13.5. The van der Waals surface area contributed by atoms with Gasteiger partial charge in [0.2, 0.25) is 0 Å².